The topological polar surface area (TPSA) is 54.0 Å². The molecule has 0 N–H and O–H groups in total. The van der Waals surface area contributed by atoms with Crippen molar-refractivity contribution in [2.75, 3.05) is 21.3 Å². The highest BCUT2D eigenvalue weighted by molar-refractivity contribution is 5.87. The van der Waals surface area contributed by atoms with Gasteiger partial charge < -0.3 is 18.9 Å². The molecule has 0 aliphatic carbocycles. The predicted molar refractivity (Wildman–Crippen MR) is 111 cm³/mol. The van der Waals surface area contributed by atoms with E-state index in [0.717, 1.165) is 33.5 Å². The smallest absolute Gasteiger partial charge is 0.473 e. The predicted octanol–water partition coefficient (Wildman–Crippen LogP) is 8.02. The van der Waals surface area contributed by atoms with Crippen LogP contribution in [0.4, 0.5) is 74.6 Å². The first-order valence-corrected chi connectivity index (χ1v) is 10.9. The molecule has 0 saturated heterocycles. The first-order chi connectivity index (χ1) is 19.5. The fourth-order valence-corrected chi connectivity index (χ4v) is 3.05. The Labute approximate surface area is 234 Å². The van der Waals surface area contributed by atoms with Crippen molar-refractivity contribution >= 4 is 12.0 Å². The fraction of sp³-hybridized carbons (Fsp3) is 0.591. The van der Waals surface area contributed by atoms with E-state index in [1.54, 1.807) is 0 Å². The number of rotatable bonds is 14. The van der Waals surface area contributed by atoms with E-state index in [2.05, 4.69) is 4.74 Å². The molecule has 5 nitrogen and oxygen atoms in total. The maximum atomic E-state index is 14.0. The summed E-state index contributed by atoms with van der Waals surface area (Å²) in [5.74, 6) is -51.6. The Morgan fingerprint density at radius 1 is 0.614 bits per heavy atom. The molecule has 22 heteroatoms. The van der Waals surface area contributed by atoms with Gasteiger partial charge in [-0.3, -0.25) is 0 Å². The quantitative estimate of drug-likeness (QED) is 0.113. The Hall–Kier alpha value is -3.36. The van der Waals surface area contributed by atoms with Crippen LogP contribution in [0.2, 0.25) is 0 Å². The van der Waals surface area contributed by atoms with Crippen molar-refractivity contribution in [3.8, 4) is 17.2 Å². The first kappa shape index (κ1) is 38.7. The fourth-order valence-electron chi connectivity index (χ4n) is 3.05. The summed E-state index contributed by atoms with van der Waals surface area (Å²) in [5.41, 5.74) is -0.281. The molecule has 0 unspecified atom stereocenters. The van der Waals surface area contributed by atoms with Crippen molar-refractivity contribution in [2.45, 2.75) is 60.7 Å². The van der Waals surface area contributed by atoms with Gasteiger partial charge in [0, 0.05) is 18.9 Å². The number of ether oxygens (including phenoxy) is 4. The molecule has 0 saturated carbocycles. The lowest BCUT2D eigenvalue weighted by Crippen LogP contribution is -2.73. The summed E-state index contributed by atoms with van der Waals surface area (Å²) in [7, 11) is 3.27. The highest BCUT2D eigenvalue weighted by Crippen LogP contribution is 2.63. The molecular weight excluding hydrogens is 667 g/mol. The van der Waals surface area contributed by atoms with Gasteiger partial charge in [-0.15, -0.1) is 0 Å². The normalized spacial score (nSPS) is 14.5. The van der Waals surface area contributed by atoms with Crippen LogP contribution in [-0.4, -0.2) is 75.1 Å². The summed E-state index contributed by atoms with van der Waals surface area (Å²) in [4.78, 5) is 11.6. The third-order valence-corrected chi connectivity index (χ3v) is 5.45. The van der Waals surface area contributed by atoms with Crippen molar-refractivity contribution in [3.05, 3.63) is 23.8 Å². The van der Waals surface area contributed by atoms with E-state index in [9.17, 15) is 79.4 Å². The van der Waals surface area contributed by atoms with Crippen LogP contribution >= 0.6 is 0 Å². The summed E-state index contributed by atoms with van der Waals surface area (Å²) in [5, 5.41) is 0. The van der Waals surface area contributed by atoms with Gasteiger partial charge in [0.15, 0.2) is 11.5 Å². The summed E-state index contributed by atoms with van der Waals surface area (Å²) >= 11 is 0. The maximum absolute atomic E-state index is 14.0. The minimum absolute atomic E-state index is 0.0791. The average molecular weight is 684 g/mol. The number of halogens is 17. The SMILES string of the molecule is COc1cc(C=CC(=O)OC(F)(F)C(F)(F)C(F)(F)C(F)(F)C(F)(F)C(F)(F)C(F)(F)CCC(F)(F)F)cc(OC)c1OC. The molecule has 1 aromatic rings. The van der Waals surface area contributed by atoms with Gasteiger partial charge in [0.25, 0.3) is 0 Å². The van der Waals surface area contributed by atoms with Crippen LogP contribution in [0.15, 0.2) is 18.2 Å². The van der Waals surface area contributed by atoms with Crippen molar-refractivity contribution in [2.24, 2.45) is 0 Å². The molecule has 1 aromatic carbocycles. The molecule has 44 heavy (non-hydrogen) atoms. The molecule has 0 spiro atoms. The molecule has 0 bridgehead atoms. The van der Waals surface area contributed by atoms with Crippen LogP contribution in [0.3, 0.4) is 0 Å². The van der Waals surface area contributed by atoms with E-state index in [4.69, 9.17) is 14.2 Å². The van der Waals surface area contributed by atoms with Gasteiger partial charge in [-0.2, -0.15) is 74.6 Å². The third kappa shape index (κ3) is 6.81. The zero-order chi connectivity index (χ0) is 35.0. The van der Waals surface area contributed by atoms with Crippen LogP contribution in [0.1, 0.15) is 18.4 Å². The van der Waals surface area contributed by atoms with Crippen LogP contribution < -0.4 is 14.2 Å². The number of carbonyl (C=O) groups is 1. The van der Waals surface area contributed by atoms with Crippen molar-refractivity contribution < 1.29 is 98.4 Å². The van der Waals surface area contributed by atoms with Crippen molar-refractivity contribution in [3.63, 3.8) is 0 Å². The second-order valence-electron chi connectivity index (χ2n) is 8.42. The van der Waals surface area contributed by atoms with Gasteiger partial charge in [-0.25, -0.2) is 4.79 Å². The molecule has 0 aromatic heterocycles. The Balaban J connectivity index is 3.42. The van der Waals surface area contributed by atoms with Crippen molar-refractivity contribution in [1.29, 1.82) is 0 Å². The molecule has 0 radical (unpaired) electrons. The van der Waals surface area contributed by atoms with Crippen LogP contribution in [0, 0.1) is 0 Å². The van der Waals surface area contributed by atoms with Gasteiger partial charge in [-0.1, -0.05) is 0 Å². The second kappa shape index (κ2) is 12.2. The Morgan fingerprint density at radius 2 is 1.02 bits per heavy atom. The Kier molecular flexibility index (Phi) is 10.7. The van der Waals surface area contributed by atoms with Gasteiger partial charge in [0.05, 0.1) is 21.3 Å². The van der Waals surface area contributed by atoms with Crippen molar-refractivity contribution in [1.82, 2.24) is 0 Å². The summed E-state index contributed by atoms with van der Waals surface area (Å²) in [6, 6.07) is 1.94. The molecule has 1 rings (SSSR count). The van der Waals surface area contributed by atoms with Gasteiger partial charge in [0.1, 0.15) is 0 Å². The lowest BCUT2D eigenvalue weighted by atomic mass is 9.89. The number of benzene rings is 1. The summed E-state index contributed by atoms with van der Waals surface area (Å²) in [6.07, 6.45) is -19.4. The zero-order valence-corrected chi connectivity index (χ0v) is 21.7. The number of methoxy groups -OCH3 is 3. The molecule has 0 aliphatic rings. The van der Waals surface area contributed by atoms with E-state index in [1.165, 1.54) is 0 Å². The number of hydrogen-bond acceptors (Lipinski definition) is 5. The Bertz CT molecular complexity index is 1180. The number of esters is 1. The molecule has 0 fully saturated rings. The molecule has 0 amide bonds. The minimum atomic E-state index is -8.56. The molecular formula is C22H17F17O5. The molecule has 0 heterocycles. The van der Waals surface area contributed by atoms with Gasteiger partial charge in [-0.05, 0) is 23.8 Å². The molecule has 0 aliphatic heterocycles. The highest BCUT2D eigenvalue weighted by Gasteiger charge is 2.93. The highest BCUT2D eigenvalue weighted by atomic mass is 19.4. The van der Waals surface area contributed by atoms with Crippen LogP contribution in [-0.2, 0) is 9.53 Å². The lowest BCUT2D eigenvalue weighted by Gasteiger charge is -2.42. The second-order valence-corrected chi connectivity index (χ2v) is 8.42. The van der Waals surface area contributed by atoms with E-state index < -0.39 is 66.6 Å². The van der Waals surface area contributed by atoms with Crippen LogP contribution in [0.25, 0.3) is 6.08 Å². The zero-order valence-electron chi connectivity index (χ0n) is 21.7. The molecule has 254 valence electrons. The van der Waals surface area contributed by atoms with E-state index in [-0.39, 0.29) is 28.9 Å². The minimum Gasteiger partial charge on any atom is -0.493 e. The number of alkyl halides is 17. The lowest BCUT2D eigenvalue weighted by molar-refractivity contribution is -0.461. The summed E-state index contributed by atoms with van der Waals surface area (Å²) < 4.78 is 247. The standard InChI is InChI=1S/C22H17F17O5/c1-41-11-8-10(9-12(42-2)14(11)43-3)4-5-13(40)44-22(38,39)21(36,37)20(34,35)19(32,33)18(30,31)17(28,29)15(23,24)6-7-16(25,26)27/h4-5,8-9H,6-7H2,1-3H3. The van der Waals surface area contributed by atoms with E-state index >= 15 is 0 Å². The number of hydrogen-bond donors (Lipinski definition) is 0. The van der Waals surface area contributed by atoms with Crippen LogP contribution in [0.5, 0.6) is 17.2 Å². The van der Waals surface area contributed by atoms with E-state index in [0.29, 0.717) is 6.08 Å². The van der Waals surface area contributed by atoms with Gasteiger partial charge >= 0.3 is 53.8 Å². The van der Waals surface area contributed by atoms with Gasteiger partial charge in [0.2, 0.25) is 5.75 Å². The average Bonchev–Trinajstić information content (AvgIpc) is 2.88. The van der Waals surface area contributed by atoms with E-state index in [1.807, 2.05) is 0 Å². The summed E-state index contributed by atoms with van der Waals surface area (Å²) in [6.45, 7) is 0. The molecule has 0 atom stereocenters. The Morgan fingerprint density at radius 3 is 1.41 bits per heavy atom. The monoisotopic (exact) mass is 684 g/mol. The maximum Gasteiger partial charge on any atom is 0.473 e. The largest absolute Gasteiger partial charge is 0.493 e. The third-order valence-electron chi connectivity index (χ3n) is 5.45. The number of carbonyl (C=O) groups excluding carboxylic acids is 1. The first-order valence-electron chi connectivity index (χ1n) is 10.9.